The molecule has 0 unspecified atom stereocenters. The second-order valence-electron chi connectivity index (χ2n) is 8.15. The first kappa shape index (κ1) is 23.1. The van der Waals surface area contributed by atoms with E-state index in [2.05, 4.69) is 36.8 Å². The van der Waals surface area contributed by atoms with Gasteiger partial charge in [-0.2, -0.15) is 0 Å². The Morgan fingerprint density at radius 2 is 1.74 bits per heavy atom. The maximum Gasteiger partial charge on any atom is 0.261 e. The fourth-order valence-electron chi connectivity index (χ4n) is 4.06. The highest BCUT2D eigenvalue weighted by molar-refractivity contribution is 7.98. The number of nitrogens with two attached hydrogens (primary N) is 1. The van der Waals surface area contributed by atoms with Gasteiger partial charge in [0.15, 0.2) is 5.16 Å². The van der Waals surface area contributed by atoms with E-state index in [0.29, 0.717) is 47.4 Å². The minimum atomic E-state index is -0.600. The summed E-state index contributed by atoms with van der Waals surface area (Å²) in [4.78, 5) is 31.6. The number of benzene rings is 2. The summed E-state index contributed by atoms with van der Waals surface area (Å²) in [6, 6.07) is 17.2. The molecule has 35 heavy (non-hydrogen) atoms. The molecule has 1 amide bonds. The monoisotopic (exact) mass is 491 g/mol. The number of hydrogen-bond donors (Lipinski definition) is 1. The molecule has 5 rings (SSSR count). The lowest BCUT2D eigenvalue weighted by Crippen LogP contribution is -2.38. The van der Waals surface area contributed by atoms with Gasteiger partial charge < -0.3 is 15.4 Å². The van der Waals surface area contributed by atoms with Crippen molar-refractivity contribution >= 4 is 34.5 Å². The molecule has 0 aliphatic carbocycles. The number of nitrogens with zero attached hydrogens (tertiary/aromatic N) is 6. The van der Waals surface area contributed by atoms with Crippen molar-refractivity contribution in [1.82, 2.24) is 24.3 Å². The molecular weight excluding hydrogens is 466 g/mol. The molecule has 180 valence electrons. The van der Waals surface area contributed by atoms with Gasteiger partial charge in [-0.05, 0) is 17.7 Å². The fraction of sp³-hybridized carbons (Fsp3) is 0.292. The zero-order valence-electron chi connectivity index (χ0n) is 19.0. The summed E-state index contributed by atoms with van der Waals surface area (Å²) in [6.07, 6.45) is 0. The van der Waals surface area contributed by atoms with Gasteiger partial charge in [0, 0.05) is 13.1 Å². The number of thioether (sulfide) groups is 1. The molecule has 0 spiro atoms. The lowest BCUT2D eigenvalue weighted by atomic mass is 10.2. The molecule has 11 heteroatoms. The zero-order chi connectivity index (χ0) is 24.2. The van der Waals surface area contributed by atoms with Gasteiger partial charge in [0.2, 0.25) is 11.9 Å². The predicted octanol–water partition coefficient (Wildman–Crippen LogP) is 1.65. The number of amides is 1. The number of rotatable bonds is 8. The van der Waals surface area contributed by atoms with Gasteiger partial charge >= 0.3 is 0 Å². The van der Waals surface area contributed by atoms with Gasteiger partial charge in [-0.1, -0.05) is 54.2 Å². The summed E-state index contributed by atoms with van der Waals surface area (Å²) in [7, 11) is 0. The lowest BCUT2D eigenvalue weighted by molar-refractivity contribution is -0.118. The molecule has 2 aromatic carbocycles. The van der Waals surface area contributed by atoms with E-state index in [-0.39, 0.29) is 12.1 Å². The molecule has 1 aliphatic heterocycles. The standard InChI is InChI=1S/C24H25N7O3S/c25-20(32)15-30-21(26-19-9-5-4-8-18(19)22(30)33)16-35-24-28-27-23(29-10-12-34-13-11-29)31(24)14-17-6-2-1-3-7-17/h1-9H,10-16H2,(H2,25,32). The van der Waals surface area contributed by atoms with Crippen molar-refractivity contribution in [2.24, 2.45) is 5.73 Å². The van der Waals surface area contributed by atoms with Crippen LogP contribution in [0.5, 0.6) is 0 Å². The van der Waals surface area contributed by atoms with Crippen molar-refractivity contribution in [2.45, 2.75) is 24.0 Å². The van der Waals surface area contributed by atoms with E-state index in [1.807, 2.05) is 24.3 Å². The van der Waals surface area contributed by atoms with Crippen molar-refractivity contribution in [3.8, 4) is 0 Å². The molecule has 0 saturated carbocycles. The minimum absolute atomic E-state index is 0.234. The molecular formula is C24H25N7O3S. The topological polar surface area (TPSA) is 121 Å². The van der Waals surface area contributed by atoms with E-state index < -0.39 is 5.91 Å². The second-order valence-corrected chi connectivity index (χ2v) is 9.09. The molecule has 0 radical (unpaired) electrons. The molecule has 4 aromatic rings. The molecule has 1 saturated heterocycles. The van der Waals surface area contributed by atoms with Crippen LogP contribution in [0.3, 0.4) is 0 Å². The Balaban J connectivity index is 1.49. The third-order valence-corrected chi connectivity index (χ3v) is 6.72. The Labute approximate surface area is 205 Å². The summed E-state index contributed by atoms with van der Waals surface area (Å²) in [5, 5.41) is 10.1. The Kier molecular flexibility index (Phi) is 6.77. The van der Waals surface area contributed by atoms with Gasteiger partial charge in [0.05, 0.1) is 36.4 Å². The lowest BCUT2D eigenvalue weighted by Gasteiger charge is -2.28. The SMILES string of the molecule is NC(=O)Cn1c(CSc2nnc(N3CCOCC3)n2Cc2ccccc2)nc2ccccc2c1=O. The third-order valence-electron chi connectivity index (χ3n) is 5.76. The maximum atomic E-state index is 13.1. The van der Waals surface area contributed by atoms with Crippen molar-refractivity contribution in [1.29, 1.82) is 0 Å². The zero-order valence-corrected chi connectivity index (χ0v) is 19.9. The van der Waals surface area contributed by atoms with Crippen LogP contribution in [0.2, 0.25) is 0 Å². The van der Waals surface area contributed by atoms with Gasteiger partial charge in [-0.3, -0.25) is 18.7 Å². The summed E-state index contributed by atoms with van der Waals surface area (Å²) < 4.78 is 8.92. The number of anilines is 1. The number of carbonyl (C=O) groups is 1. The number of primary amides is 1. The number of morpholine rings is 1. The second kappa shape index (κ2) is 10.3. The van der Waals surface area contributed by atoms with Crippen LogP contribution in [0.25, 0.3) is 10.9 Å². The number of fused-ring (bicyclic) bond motifs is 1. The molecule has 1 fully saturated rings. The Bertz CT molecular complexity index is 1400. The summed E-state index contributed by atoms with van der Waals surface area (Å²) in [6.45, 7) is 3.12. The van der Waals surface area contributed by atoms with E-state index in [0.717, 1.165) is 24.6 Å². The number of para-hydroxylation sites is 1. The van der Waals surface area contributed by atoms with E-state index in [1.165, 1.54) is 16.3 Å². The number of aromatic nitrogens is 5. The van der Waals surface area contributed by atoms with Crippen LogP contribution >= 0.6 is 11.8 Å². The fourth-order valence-corrected chi connectivity index (χ4v) is 4.94. The van der Waals surface area contributed by atoms with E-state index in [1.54, 1.807) is 18.2 Å². The Morgan fingerprint density at radius 1 is 1.00 bits per heavy atom. The molecule has 10 nitrogen and oxygen atoms in total. The molecule has 3 heterocycles. The highest BCUT2D eigenvalue weighted by Gasteiger charge is 2.22. The minimum Gasteiger partial charge on any atom is -0.378 e. The summed E-state index contributed by atoms with van der Waals surface area (Å²) >= 11 is 1.42. The highest BCUT2D eigenvalue weighted by Crippen LogP contribution is 2.26. The van der Waals surface area contributed by atoms with Gasteiger partial charge in [-0.25, -0.2) is 4.98 Å². The number of hydrogen-bond acceptors (Lipinski definition) is 8. The van der Waals surface area contributed by atoms with Crippen molar-refractivity contribution in [2.75, 3.05) is 31.2 Å². The van der Waals surface area contributed by atoms with Gasteiger partial charge in [0.1, 0.15) is 12.4 Å². The molecule has 2 N–H and O–H groups in total. The third kappa shape index (κ3) is 5.05. The smallest absolute Gasteiger partial charge is 0.261 e. The molecule has 1 aliphatic rings. The van der Waals surface area contributed by atoms with Crippen LogP contribution in [0.1, 0.15) is 11.4 Å². The molecule has 0 atom stereocenters. The van der Waals surface area contributed by atoms with Gasteiger partial charge in [0.25, 0.3) is 5.56 Å². The molecule has 2 aromatic heterocycles. The van der Waals surface area contributed by atoms with Crippen LogP contribution in [-0.4, -0.2) is 56.5 Å². The van der Waals surface area contributed by atoms with Crippen molar-refractivity contribution in [3.05, 3.63) is 76.3 Å². The molecule has 0 bridgehead atoms. The first-order valence-corrected chi connectivity index (χ1v) is 12.3. The first-order chi connectivity index (χ1) is 17.1. The first-order valence-electron chi connectivity index (χ1n) is 11.3. The predicted molar refractivity (Wildman–Crippen MR) is 133 cm³/mol. The average molecular weight is 492 g/mol. The van der Waals surface area contributed by atoms with Crippen LogP contribution in [-0.2, 0) is 28.4 Å². The van der Waals surface area contributed by atoms with E-state index >= 15 is 0 Å². The Morgan fingerprint density at radius 3 is 2.51 bits per heavy atom. The van der Waals surface area contributed by atoms with Gasteiger partial charge in [-0.15, -0.1) is 10.2 Å². The largest absolute Gasteiger partial charge is 0.378 e. The van der Waals surface area contributed by atoms with Crippen LogP contribution in [0, 0.1) is 0 Å². The average Bonchev–Trinajstić information content (AvgIpc) is 3.28. The van der Waals surface area contributed by atoms with Crippen molar-refractivity contribution < 1.29 is 9.53 Å². The highest BCUT2D eigenvalue weighted by atomic mass is 32.2. The summed E-state index contributed by atoms with van der Waals surface area (Å²) in [5.41, 5.74) is 6.85. The van der Waals surface area contributed by atoms with E-state index in [9.17, 15) is 9.59 Å². The number of ether oxygens (including phenoxy) is 1. The van der Waals surface area contributed by atoms with Crippen LogP contribution in [0.4, 0.5) is 5.95 Å². The summed E-state index contributed by atoms with van der Waals surface area (Å²) in [5.74, 6) is 0.959. The van der Waals surface area contributed by atoms with Crippen molar-refractivity contribution in [3.63, 3.8) is 0 Å². The normalized spacial score (nSPS) is 13.9. The Hall–Kier alpha value is -3.70. The quantitative estimate of drug-likeness (QED) is 0.369. The maximum absolute atomic E-state index is 13.1. The van der Waals surface area contributed by atoms with E-state index in [4.69, 9.17) is 10.5 Å². The number of carbonyl (C=O) groups excluding carboxylic acids is 1. The van der Waals surface area contributed by atoms with Crippen LogP contribution < -0.4 is 16.2 Å². The van der Waals surface area contributed by atoms with Crippen LogP contribution in [0.15, 0.2) is 64.5 Å².